The van der Waals surface area contributed by atoms with E-state index in [9.17, 15) is 15.2 Å². The summed E-state index contributed by atoms with van der Waals surface area (Å²) in [6.07, 6.45) is 0.338. The molecule has 1 heterocycles. The number of carbonyl (C=O) groups is 1. The number of hydrogen-bond donors (Lipinski definition) is 2. The molecule has 0 spiro atoms. The molecule has 31 heavy (non-hydrogen) atoms. The zero-order chi connectivity index (χ0) is 23.1. The average Bonchev–Trinajstić information content (AvgIpc) is 2.97. The molecule has 1 aliphatic rings. The molecule has 0 radical (unpaired) electrons. The SMILES string of the molecule is CC(C)(C)CC1N[C@@H](C(=O)O)[C@H](c2cccc(Cl)c2F)C1(C#N)c1ccc(Cl)cc1F. The van der Waals surface area contributed by atoms with E-state index in [-0.39, 0.29) is 26.6 Å². The summed E-state index contributed by atoms with van der Waals surface area (Å²) in [7, 11) is 0. The Morgan fingerprint density at radius 2 is 1.94 bits per heavy atom. The quantitative estimate of drug-likeness (QED) is 0.607. The molecule has 3 rings (SSSR count). The van der Waals surface area contributed by atoms with E-state index in [1.54, 1.807) is 0 Å². The van der Waals surface area contributed by atoms with Gasteiger partial charge in [0.1, 0.15) is 23.1 Å². The first-order chi connectivity index (χ1) is 14.4. The second kappa shape index (κ2) is 8.38. The fraction of sp³-hybridized carbons (Fsp3) is 0.391. The second-order valence-electron chi connectivity index (χ2n) is 9.03. The molecule has 0 saturated carbocycles. The van der Waals surface area contributed by atoms with Gasteiger partial charge in [0.15, 0.2) is 0 Å². The van der Waals surface area contributed by atoms with Gasteiger partial charge in [0.2, 0.25) is 0 Å². The average molecular weight is 467 g/mol. The molecule has 4 nitrogen and oxygen atoms in total. The molecule has 164 valence electrons. The van der Waals surface area contributed by atoms with Gasteiger partial charge in [0.05, 0.1) is 11.1 Å². The van der Waals surface area contributed by atoms with Crippen molar-refractivity contribution in [2.75, 3.05) is 0 Å². The van der Waals surface area contributed by atoms with E-state index >= 15 is 8.78 Å². The van der Waals surface area contributed by atoms with Gasteiger partial charge in [-0.25, -0.2) is 8.78 Å². The van der Waals surface area contributed by atoms with Gasteiger partial charge < -0.3 is 5.11 Å². The minimum absolute atomic E-state index is 0.0331. The van der Waals surface area contributed by atoms with Crippen molar-refractivity contribution in [1.29, 1.82) is 5.26 Å². The van der Waals surface area contributed by atoms with E-state index in [1.807, 2.05) is 20.8 Å². The van der Waals surface area contributed by atoms with E-state index < -0.39 is 41.0 Å². The highest BCUT2D eigenvalue weighted by molar-refractivity contribution is 6.31. The number of halogens is 4. The maximum absolute atomic E-state index is 15.2. The number of nitrogens with one attached hydrogen (secondary N) is 1. The van der Waals surface area contributed by atoms with Crippen LogP contribution in [0.1, 0.15) is 44.2 Å². The maximum atomic E-state index is 15.2. The molecule has 2 aromatic rings. The van der Waals surface area contributed by atoms with Crippen LogP contribution < -0.4 is 5.32 Å². The van der Waals surface area contributed by atoms with Crippen molar-refractivity contribution >= 4 is 29.2 Å². The smallest absolute Gasteiger partial charge is 0.321 e. The first-order valence-corrected chi connectivity index (χ1v) is 10.5. The van der Waals surface area contributed by atoms with Crippen LogP contribution in [0.25, 0.3) is 0 Å². The highest BCUT2D eigenvalue weighted by Crippen LogP contribution is 2.52. The van der Waals surface area contributed by atoms with E-state index in [2.05, 4.69) is 11.4 Å². The molecule has 2 N–H and O–H groups in total. The zero-order valence-corrected chi connectivity index (χ0v) is 18.7. The predicted molar refractivity (Wildman–Crippen MR) is 115 cm³/mol. The van der Waals surface area contributed by atoms with Gasteiger partial charge in [-0.3, -0.25) is 10.1 Å². The molecule has 0 bridgehead atoms. The first kappa shape index (κ1) is 23.5. The summed E-state index contributed by atoms with van der Waals surface area (Å²) < 4.78 is 30.3. The lowest BCUT2D eigenvalue weighted by Crippen LogP contribution is -2.44. The molecule has 0 amide bonds. The molecule has 1 saturated heterocycles. The second-order valence-corrected chi connectivity index (χ2v) is 9.87. The van der Waals surface area contributed by atoms with Gasteiger partial charge in [0, 0.05) is 22.5 Å². The zero-order valence-electron chi connectivity index (χ0n) is 17.2. The van der Waals surface area contributed by atoms with Crippen LogP contribution in [0.15, 0.2) is 36.4 Å². The first-order valence-electron chi connectivity index (χ1n) is 9.72. The van der Waals surface area contributed by atoms with Crippen LogP contribution in [0.4, 0.5) is 8.78 Å². The molecule has 0 aromatic heterocycles. The molecular weight excluding hydrogens is 445 g/mol. The van der Waals surface area contributed by atoms with Gasteiger partial charge >= 0.3 is 5.97 Å². The van der Waals surface area contributed by atoms with Gasteiger partial charge in [-0.1, -0.05) is 62.2 Å². The Bertz CT molecular complexity index is 1060. The Kier molecular flexibility index (Phi) is 6.35. The Balaban J connectivity index is 2.38. The van der Waals surface area contributed by atoms with Crippen molar-refractivity contribution in [1.82, 2.24) is 5.32 Å². The van der Waals surface area contributed by atoms with Crippen LogP contribution in [-0.4, -0.2) is 23.2 Å². The third kappa shape index (κ3) is 4.15. The third-order valence-corrected chi connectivity index (χ3v) is 6.24. The molecule has 2 unspecified atom stereocenters. The van der Waals surface area contributed by atoms with E-state index in [0.717, 1.165) is 6.07 Å². The predicted octanol–water partition coefficient (Wildman–Crippen LogP) is 5.68. The van der Waals surface area contributed by atoms with E-state index in [0.29, 0.717) is 6.42 Å². The lowest BCUT2D eigenvalue weighted by Gasteiger charge is -2.37. The number of nitriles is 1. The molecule has 8 heteroatoms. The molecular formula is C23H22Cl2F2N2O2. The number of benzene rings is 2. The van der Waals surface area contributed by atoms with Crippen LogP contribution in [0.5, 0.6) is 0 Å². The molecule has 2 aromatic carbocycles. The molecule has 0 aliphatic carbocycles. The van der Waals surface area contributed by atoms with E-state index in [4.69, 9.17) is 23.2 Å². The number of hydrogen-bond acceptors (Lipinski definition) is 3. The van der Waals surface area contributed by atoms with Gasteiger partial charge in [-0.15, -0.1) is 0 Å². The van der Waals surface area contributed by atoms with Crippen LogP contribution >= 0.6 is 23.2 Å². The van der Waals surface area contributed by atoms with Gasteiger partial charge in [0.25, 0.3) is 0 Å². The van der Waals surface area contributed by atoms with Gasteiger partial charge in [-0.2, -0.15) is 5.26 Å². The third-order valence-electron chi connectivity index (χ3n) is 5.72. The number of rotatable bonds is 4. The van der Waals surface area contributed by atoms with Crippen molar-refractivity contribution in [2.24, 2.45) is 5.41 Å². The Morgan fingerprint density at radius 1 is 1.26 bits per heavy atom. The fourth-order valence-corrected chi connectivity index (χ4v) is 4.88. The molecule has 4 atom stereocenters. The lowest BCUT2D eigenvalue weighted by atomic mass is 9.62. The highest BCUT2D eigenvalue weighted by Gasteiger charge is 2.61. The summed E-state index contributed by atoms with van der Waals surface area (Å²) >= 11 is 11.9. The summed E-state index contributed by atoms with van der Waals surface area (Å²) in [5, 5.41) is 23.4. The van der Waals surface area contributed by atoms with Gasteiger partial charge in [-0.05, 0) is 35.6 Å². The van der Waals surface area contributed by atoms with Crippen LogP contribution in [-0.2, 0) is 10.2 Å². The normalized spacial score (nSPS) is 25.9. The Hall–Kier alpha value is -2.20. The van der Waals surface area contributed by atoms with Crippen LogP contribution in [0.2, 0.25) is 10.0 Å². The highest BCUT2D eigenvalue weighted by atomic mass is 35.5. The minimum Gasteiger partial charge on any atom is -0.480 e. The van der Waals surface area contributed by atoms with Crippen molar-refractivity contribution in [3.05, 3.63) is 69.2 Å². The van der Waals surface area contributed by atoms with E-state index in [1.165, 1.54) is 30.3 Å². The Labute approximate surface area is 189 Å². The number of carboxylic acid groups (broad SMARTS) is 1. The standard InChI is InChI=1S/C23H22Cl2F2N2O2/c1-22(2,3)10-17-23(11-28,14-8-7-12(24)9-16(14)26)18(20(29-17)21(30)31)13-5-4-6-15(25)19(13)27/h4-9,17-18,20,29H,10H2,1-3H3,(H,30,31)/t17?,18-,20+,23?/m0/s1. The lowest BCUT2D eigenvalue weighted by molar-refractivity contribution is -0.139. The number of nitrogens with zero attached hydrogens (tertiary/aromatic N) is 1. The van der Waals surface area contributed by atoms with Crippen LogP contribution in [0.3, 0.4) is 0 Å². The van der Waals surface area contributed by atoms with Crippen molar-refractivity contribution in [3.63, 3.8) is 0 Å². The number of carboxylic acids is 1. The Morgan fingerprint density at radius 3 is 2.48 bits per heavy atom. The summed E-state index contributed by atoms with van der Waals surface area (Å²) in [6.45, 7) is 5.79. The number of aliphatic carboxylic acids is 1. The van der Waals surface area contributed by atoms with Crippen molar-refractivity contribution in [3.8, 4) is 6.07 Å². The summed E-state index contributed by atoms with van der Waals surface area (Å²) in [5.41, 5.74) is -2.15. The van der Waals surface area contributed by atoms with Crippen LogP contribution in [0, 0.1) is 28.4 Å². The topological polar surface area (TPSA) is 73.1 Å². The summed E-state index contributed by atoms with van der Waals surface area (Å²) in [6, 6.07) is 8.16. The van der Waals surface area contributed by atoms with Crippen molar-refractivity contribution < 1.29 is 18.7 Å². The summed E-state index contributed by atoms with van der Waals surface area (Å²) in [4.78, 5) is 12.2. The summed E-state index contributed by atoms with van der Waals surface area (Å²) in [5.74, 6) is -4.09. The van der Waals surface area contributed by atoms with Crippen molar-refractivity contribution in [2.45, 2.75) is 50.6 Å². The molecule has 1 aliphatic heterocycles. The largest absolute Gasteiger partial charge is 0.480 e. The fourth-order valence-electron chi connectivity index (χ4n) is 4.54. The molecule has 1 fully saturated rings. The minimum atomic E-state index is -1.73. The maximum Gasteiger partial charge on any atom is 0.321 e. The monoisotopic (exact) mass is 466 g/mol.